The minimum atomic E-state index is 0.123. The van der Waals surface area contributed by atoms with E-state index in [1.807, 2.05) is 6.92 Å². The molecule has 0 unspecified atom stereocenters. The van der Waals surface area contributed by atoms with E-state index in [-0.39, 0.29) is 11.8 Å². The Morgan fingerprint density at radius 3 is 2.82 bits per heavy atom. The van der Waals surface area contributed by atoms with Crippen molar-refractivity contribution in [2.45, 2.75) is 25.8 Å². The van der Waals surface area contributed by atoms with E-state index in [2.05, 4.69) is 20.2 Å². The van der Waals surface area contributed by atoms with Crippen LogP contribution < -0.4 is 10.2 Å². The number of nitrogens with one attached hydrogen (secondary N) is 1. The lowest BCUT2D eigenvalue weighted by atomic mass is 9.99. The van der Waals surface area contributed by atoms with Crippen LogP contribution in [0.4, 0.5) is 5.82 Å². The molecule has 0 radical (unpaired) electrons. The Morgan fingerprint density at radius 1 is 1.41 bits per heavy atom. The molecule has 1 saturated carbocycles. The minimum Gasteiger partial charge on any atom is -0.354 e. The Hall–Kier alpha value is -1.65. The third-order valence-electron chi connectivity index (χ3n) is 3.24. The first-order valence-electron chi connectivity index (χ1n) is 6.06. The van der Waals surface area contributed by atoms with E-state index in [4.69, 9.17) is 0 Å². The number of hydrogen-bond acceptors (Lipinski definition) is 4. The van der Waals surface area contributed by atoms with Crippen LogP contribution in [0.2, 0.25) is 0 Å². The van der Waals surface area contributed by atoms with E-state index in [0.29, 0.717) is 6.04 Å². The van der Waals surface area contributed by atoms with E-state index in [1.54, 1.807) is 12.4 Å². The molecule has 2 heterocycles. The maximum Gasteiger partial charge on any atom is 0.226 e. The second-order valence-electron chi connectivity index (χ2n) is 4.90. The molecule has 0 spiro atoms. The van der Waals surface area contributed by atoms with Gasteiger partial charge in [0.05, 0.1) is 17.8 Å². The second-order valence-corrected chi connectivity index (χ2v) is 4.90. The first-order valence-corrected chi connectivity index (χ1v) is 6.06. The van der Waals surface area contributed by atoms with Gasteiger partial charge in [-0.25, -0.2) is 4.98 Å². The van der Waals surface area contributed by atoms with Crippen molar-refractivity contribution in [1.29, 1.82) is 0 Å². The number of nitrogens with zero attached hydrogens (tertiary/aromatic N) is 3. The van der Waals surface area contributed by atoms with Crippen molar-refractivity contribution >= 4 is 11.7 Å². The third-order valence-corrected chi connectivity index (χ3v) is 3.24. The van der Waals surface area contributed by atoms with E-state index in [0.717, 1.165) is 37.4 Å². The molecule has 2 aliphatic rings. The molecule has 0 aromatic carbocycles. The average molecular weight is 232 g/mol. The Balaban J connectivity index is 1.55. The Labute approximate surface area is 100 Å². The maximum absolute atomic E-state index is 11.7. The number of hydrogen-bond donors (Lipinski definition) is 1. The van der Waals surface area contributed by atoms with E-state index < -0.39 is 0 Å². The van der Waals surface area contributed by atoms with Crippen LogP contribution in [-0.2, 0) is 4.79 Å². The van der Waals surface area contributed by atoms with Gasteiger partial charge in [0.25, 0.3) is 0 Å². The van der Waals surface area contributed by atoms with E-state index in [1.165, 1.54) is 0 Å². The molecule has 0 bridgehead atoms. The predicted octanol–water partition coefficient (Wildman–Crippen LogP) is 0.500. The molecule has 1 amide bonds. The van der Waals surface area contributed by atoms with Gasteiger partial charge in [-0.15, -0.1) is 0 Å². The minimum absolute atomic E-state index is 0.123. The normalized spacial score (nSPS) is 19.9. The zero-order valence-electron chi connectivity index (χ0n) is 9.89. The van der Waals surface area contributed by atoms with Crippen molar-refractivity contribution in [2.75, 3.05) is 18.0 Å². The van der Waals surface area contributed by atoms with E-state index in [9.17, 15) is 4.79 Å². The number of anilines is 1. The number of aromatic nitrogens is 2. The van der Waals surface area contributed by atoms with Gasteiger partial charge in [0, 0.05) is 25.3 Å². The highest BCUT2D eigenvalue weighted by atomic mass is 16.2. The number of rotatable bonds is 3. The lowest BCUT2D eigenvalue weighted by Crippen LogP contribution is -2.54. The van der Waals surface area contributed by atoms with Crippen LogP contribution in [0.3, 0.4) is 0 Å². The van der Waals surface area contributed by atoms with Crippen LogP contribution in [0, 0.1) is 12.8 Å². The number of aryl methyl sites for hydroxylation is 1. The van der Waals surface area contributed by atoms with Crippen LogP contribution in [0.1, 0.15) is 18.5 Å². The summed E-state index contributed by atoms with van der Waals surface area (Å²) in [5.41, 5.74) is 0.911. The van der Waals surface area contributed by atoms with Gasteiger partial charge in [-0.2, -0.15) is 0 Å². The fourth-order valence-electron chi connectivity index (χ4n) is 1.98. The summed E-state index contributed by atoms with van der Waals surface area (Å²) in [6.07, 6.45) is 5.78. The molecule has 17 heavy (non-hydrogen) atoms. The molecular formula is C12H16N4O. The van der Waals surface area contributed by atoms with Crippen LogP contribution in [-0.4, -0.2) is 35.0 Å². The van der Waals surface area contributed by atoms with Crippen molar-refractivity contribution in [3.05, 3.63) is 18.1 Å². The second kappa shape index (κ2) is 3.98. The molecule has 1 aliphatic carbocycles. The summed E-state index contributed by atoms with van der Waals surface area (Å²) in [6.45, 7) is 3.45. The highest BCUT2D eigenvalue weighted by Crippen LogP contribution is 2.24. The van der Waals surface area contributed by atoms with Crippen LogP contribution in [0.15, 0.2) is 12.4 Å². The standard InChI is InChI=1S/C12H16N4O/c1-8-4-13-5-11(14-8)16-6-9(7-16)12(17)15-10-2-3-10/h4-5,9-10H,2-3,6-7H2,1H3,(H,15,17). The summed E-state index contributed by atoms with van der Waals surface area (Å²) in [7, 11) is 0. The number of carbonyl (C=O) groups excluding carboxylic acids is 1. The zero-order valence-corrected chi connectivity index (χ0v) is 9.89. The molecule has 3 rings (SSSR count). The topological polar surface area (TPSA) is 58.1 Å². The lowest BCUT2D eigenvalue weighted by Gasteiger charge is -2.38. The highest BCUT2D eigenvalue weighted by molar-refractivity contribution is 5.82. The molecule has 0 atom stereocenters. The smallest absolute Gasteiger partial charge is 0.226 e. The molecule has 90 valence electrons. The van der Waals surface area contributed by atoms with Gasteiger partial charge < -0.3 is 10.2 Å². The monoisotopic (exact) mass is 232 g/mol. The predicted molar refractivity (Wildman–Crippen MR) is 63.6 cm³/mol. The van der Waals surface area contributed by atoms with Gasteiger partial charge >= 0.3 is 0 Å². The zero-order chi connectivity index (χ0) is 11.8. The third kappa shape index (κ3) is 2.23. The quantitative estimate of drug-likeness (QED) is 0.824. The van der Waals surface area contributed by atoms with Crippen LogP contribution in [0.25, 0.3) is 0 Å². The molecule has 1 aromatic rings. The number of amides is 1. The fraction of sp³-hybridized carbons (Fsp3) is 0.583. The largest absolute Gasteiger partial charge is 0.354 e. The van der Waals surface area contributed by atoms with Gasteiger partial charge in [0.1, 0.15) is 5.82 Å². The fourth-order valence-corrected chi connectivity index (χ4v) is 1.98. The molecule has 1 saturated heterocycles. The van der Waals surface area contributed by atoms with Gasteiger partial charge in [0.15, 0.2) is 0 Å². The lowest BCUT2D eigenvalue weighted by molar-refractivity contribution is -0.125. The average Bonchev–Trinajstić information content (AvgIpc) is 2.99. The molecular weight excluding hydrogens is 216 g/mol. The summed E-state index contributed by atoms with van der Waals surface area (Å²) in [4.78, 5) is 22.3. The van der Waals surface area contributed by atoms with Gasteiger partial charge in [-0.3, -0.25) is 9.78 Å². The van der Waals surface area contributed by atoms with E-state index >= 15 is 0 Å². The van der Waals surface area contributed by atoms with Crippen LogP contribution >= 0.6 is 0 Å². The van der Waals surface area contributed by atoms with Gasteiger partial charge in [-0.1, -0.05) is 0 Å². The van der Waals surface area contributed by atoms with Crippen molar-refractivity contribution < 1.29 is 4.79 Å². The van der Waals surface area contributed by atoms with Crippen molar-refractivity contribution in [3.8, 4) is 0 Å². The Kier molecular flexibility index (Phi) is 2.46. The van der Waals surface area contributed by atoms with Crippen LogP contribution in [0.5, 0.6) is 0 Å². The molecule has 5 heteroatoms. The first kappa shape index (κ1) is 10.5. The molecule has 1 N–H and O–H groups in total. The number of carbonyl (C=O) groups is 1. The Bertz CT molecular complexity index is 438. The molecule has 2 fully saturated rings. The summed E-state index contributed by atoms with van der Waals surface area (Å²) < 4.78 is 0. The Morgan fingerprint density at radius 2 is 2.18 bits per heavy atom. The van der Waals surface area contributed by atoms with Gasteiger partial charge in [-0.05, 0) is 19.8 Å². The summed E-state index contributed by atoms with van der Waals surface area (Å²) in [5, 5.41) is 3.04. The molecule has 1 aliphatic heterocycles. The van der Waals surface area contributed by atoms with Crippen molar-refractivity contribution in [2.24, 2.45) is 5.92 Å². The first-order chi connectivity index (χ1) is 8.22. The molecule has 5 nitrogen and oxygen atoms in total. The van der Waals surface area contributed by atoms with Crippen molar-refractivity contribution in [1.82, 2.24) is 15.3 Å². The highest BCUT2D eigenvalue weighted by Gasteiger charge is 2.36. The van der Waals surface area contributed by atoms with Crippen molar-refractivity contribution in [3.63, 3.8) is 0 Å². The summed E-state index contributed by atoms with van der Waals surface area (Å²) in [5.74, 6) is 1.20. The van der Waals surface area contributed by atoms with Gasteiger partial charge in [0.2, 0.25) is 5.91 Å². The maximum atomic E-state index is 11.7. The molecule has 1 aromatic heterocycles. The SMILES string of the molecule is Cc1cncc(N2CC(C(=O)NC3CC3)C2)n1. The summed E-state index contributed by atoms with van der Waals surface area (Å²) in [6, 6.07) is 0.454. The summed E-state index contributed by atoms with van der Waals surface area (Å²) >= 11 is 0.